The van der Waals surface area contributed by atoms with Gasteiger partial charge in [-0.3, -0.25) is 0 Å². The van der Waals surface area contributed by atoms with Crippen LogP contribution in [0.2, 0.25) is 0 Å². The summed E-state index contributed by atoms with van der Waals surface area (Å²) in [6.07, 6.45) is 3.86. The third-order valence-corrected chi connectivity index (χ3v) is 4.82. The van der Waals surface area contributed by atoms with Gasteiger partial charge in [0.25, 0.3) is 0 Å². The molecule has 0 aliphatic rings. The molecule has 5 nitrogen and oxygen atoms in total. The number of aryl methyl sites for hydroxylation is 1. The van der Waals surface area contributed by atoms with E-state index in [1.807, 2.05) is 31.2 Å². The minimum Gasteiger partial charge on any atom is -0.489 e. The molecule has 0 saturated carbocycles. The first-order valence-corrected chi connectivity index (χ1v) is 10.1. The van der Waals surface area contributed by atoms with E-state index in [4.69, 9.17) is 10.5 Å². The van der Waals surface area contributed by atoms with Crippen molar-refractivity contribution in [3.8, 4) is 5.75 Å². The third kappa shape index (κ3) is 5.37. The number of hydrogen-bond donors (Lipinski definition) is 1. The maximum absolute atomic E-state index is 13.7. The van der Waals surface area contributed by atoms with E-state index >= 15 is 0 Å². The molecule has 3 aromatic carbocycles. The molecule has 0 amide bonds. The van der Waals surface area contributed by atoms with Crippen molar-refractivity contribution >= 4 is 12.2 Å². The lowest BCUT2D eigenvalue weighted by Crippen LogP contribution is -2.02. The van der Waals surface area contributed by atoms with Crippen LogP contribution in [0, 0.1) is 18.6 Å². The van der Waals surface area contributed by atoms with Crippen LogP contribution in [-0.4, -0.2) is 15.9 Å². The summed E-state index contributed by atoms with van der Waals surface area (Å²) in [7, 11) is 0. The smallest absolute Gasteiger partial charge is 0.221 e. The monoisotopic (exact) mass is 432 g/mol. The molecule has 0 radical (unpaired) electrons. The fourth-order valence-corrected chi connectivity index (χ4v) is 3.34. The Morgan fingerprint density at radius 2 is 1.72 bits per heavy atom. The van der Waals surface area contributed by atoms with Crippen molar-refractivity contribution in [1.82, 2.24) is 9.66 Å². The van der Waals surface area contributed by atoms with E-state index in [1.54, 1.807) is 30.6 Å². The van der Waals surface area contributed by atoms with Crippen LogP contribution < -0.4 is 10.5 Å². The van der Waals surface area contributed by atoms with Gasteiger partial charge >= 0.3 is 0 Å². The van der Waals surface area contributed by atoms with Crippen LogP contribution in [0.4, 0.5) is 14.7 Å². The molecule has 32 heavy (non-hydrogen) atoms. The quantitative estimate of drug-likeness (QED) is 0.413. The van der Waals surface area contributed by atoms with Crippen LogP contribution in [0.3, 0.4) is 0 Å². The van der Waals surface area contributed by atoms with Gasteiger partial charge in [0, 0.05) is 6.42 Å². The van der Waals surface area contributed by atoms with Crippen molar-refractivity contribution in [2.24, 2.45) is 5.10 Å². The lowest BCUT2D eigenvalue weighted by Gasteiger charge is -2.13. The molecule has 0 bridgehead atoms. The molecule has 1 heterocycles. The third-order valence-electron chi connectivity index (χ3n) is 4.82. The van der Waals surface area contributed by atoms with Crippen LogP contribution in [0.25, 0.3) is 0 Å². The molecule has 1 aromatic heterocycles. The van der Waals surface area contributed by atoms with Gasteiger partial charge in [-0.2, -0.15) is 5.10 Å². The molecule has 4 aromatic rings. The van der Waals surface area contributed by atoms with Crippen molar-refractivity contribution in [2.45, 2.75) is 20.0 Å². The topological polar surface area (TPSA) is 65.4 Å². The summed E-state index contributed by atoms with van der Waals surface area (Å²) in [4.78, 5) is 4.12. The van der Waals surface area contributed by atoms with Crippen LogP contribution >= 0.6 is 0 Å². The largest absolute Gasteiger partial charge is 0.489 e. The molecule has 0 saturated heterocycles. The van der Waals surface area contributed by atoms with Gasteiger partial charge in [-0.15, -0.1) is 0 Å². The standard InChI is InChI=1S/C25H22F2N4O/c1-17-15-31(25(28)30-17)29-14-19-8-9-24(32-16-20-5-3-7-23(27)13-20)21(11-19)10-18-4-2-6-22(26)12-18/h2-9,11-15H,10,16H2,1H3,(H2,28,30). The minimum atomic E-state index is -0.313. The van der Waals surface area contributed by atoms with Gasteiger partial charge in [0.15, 0.2) is 0 Å². The van der Waals surface area contributed by atoms with Gasteiger partial charge in [-0.1, -0.05) is 24.3 Å². The molecule has 0 aliphatic carbocycles. The number of rotatable bonds is 7. The van der Waals surface area contributed by atoms with Gasteiger partial charge in [-0.25, -0.2) is 18.4 Å². The Balaban J connectivity index is 1.61. The second kappa shape index (κ2) is 9.43. The van der Waals surface area contributed by atoms with Gasteiger partial charge < -0.3 is 10.5 Å². The molecular weight excluding hydrogens is 410 g/mol. The van der Waals surface area contributed by atoms with Gasteiger partial charge in [-0.05, 0) is 71.6 Å². The van der Waals surface area contributed by atoms with E-state index in [-0.39, 0.29) is 18.2 Å². The number of benzene rings is 3. The second-order valence-corrected chi connectivity index (χ2v) is 7.42. The highest BCUT2D eigenvalue weighted by atomic mass is 19.1. The van der Waals surface area contributed by atoms with E-state index in [1.165, 1.54) is 28.9 Å². The lowest BCUT2D eigenvalue weighted by atomic mass is 10.0. The molecule has 0 unspecified atom stereocenters. The summed E-state index contributed by atoms with van der Waals surface area (Å²) in [5.74, 6) is 0.322. The Kier molecular flexibility index (Phi) is 6.26. The first-order chi connectivity index (χ1) is 15.5. The van der Waals surface area contributed by atoms with E-state index in [9.17, 15) is 8.78 Å². The Bertz CT molecular complexity index is 1270. The summed E-state index contributed by atoms with van der Waals surface area (Å²) >= 11 is 0. The maximum Gasteiger partial charge on any atom is 0.221 e. The van der Waals surface area contributed by atoms with Crippen molar-refractivity contribution in [3.63, 3.8) is 0 Å². The summed E-state index contributed by atoms with van der Waals surface area (Å²) in [5, 5.41) is 4.35. The molecule has 0 fully saturated rings. The van der Waals surface area contributed by atoms with E-state index in [0.29, 0.717) is 18.1 Å². The van der Waals surface area contributed by atoms with Gasteiger partial charge in [0.05, 0.1) is 18.1 Å². The van der Waals surface area contributed by atoms with Crippen LogP contribution in [0.5, 0.6) is 5.75 Å². The number of anilines is 1. The van der Waals surface area contributed by atoms with E-state index in [2.05, 4.69) is 10.1 Å². The number of nitrogens with zero attached hydrogens (tertiary/aromatic N) is 3. The predicted molar refractivity (Wildman–Crippen MR) is 121 cm³/mol. The molecule has 0 atom stereocenters. The predicted octanol–water partition coefficient (Wildman–Crippen LogP) is 5.10. The highest BCUT2D eigenvalue weighted by Crippen LogP contribution is 2.25. The average Bonchev–Trinajstić information content (AvgIpc) is 3.08. The normalized spacial score (nSPS) is 11.2. The number of hydrogen-bond acceptors (Lipinski definition) is 4. The fraction of sp³-hybridized carbons (Fsp3) is 0.120. The average molecular weight is 432 g/mol. The van der Waals surface area contributed by atoms with Gasteiger partial charge in [0.1, 0.15) is 24.0 Å². The molecule has 7 heteroatoms. The highest BCUT2D eigenvalue weighted by Gasteiger charge is 2.09. The molecular formula is C25H22F2N4O. The van der Waals surface area contributed by atoms with Crippen molar-refractivity contribution < 1.29 is 13.5 Å². The van der Waals surface area contributed by atoms with Crippen molar-refractivity contribution in [1.29, 1.82) is 0 Å². The second-order valence-electron chi connectivity index (χ2n) is 7.42. The zero-order valence-corrected chi connectivity index (χ0v) is 17.5. The number of imidazole rings is 1. The van der Waals surface area contributed by atoms with Crippen molar-refractivity contribution in [3.05, 3.63) is 113 Å². The Morgan fingerprint density at radius 3 is 2.41 bits per heavy atom. The number of halogens is 2. The number of nitrogen functional groups attached to an aromatic ring is 1. The summed E-state index contributed by atoms with van der Waals surface area (Å²) in [5.41, 5.74) is 9.81. The summed E-state index contributed by atoms with van der Waals surface area (Å²) < 4.78 is 34.7. The van der Waals surface area contributed by atoms with Crippen LogP contribution in [0.1, 0.15) is 27.9 Å². The Labute approximate surface area is 184 Å². The van der Waals surface area contributed by atoms with Crippen LogP contribution in [0.15, 0.2) is 78.0 Å². The van der Waals surface area contributed by atoms with Gasteiger partial charge in [0.2, 0.25) is 5.95 Å². The molecule has 162 valence electrons. The first kappa shape index (κ1) is 21.2. The lowest BCUT2D eigenvalue weighted by molar-refractivity contribution is 0.303. The Morgan fingerprint density at radius 1 is 1.00 bits per heavy atom. The molecule has 0 aliphatic heterocycles. The van der Waals surface area contributed by atoms with Crippen LogP contribution in [-0.2, 0) is 13.0 Å². The fourth-order valence-electron chi connectivity index (χ4n) is 3.34. The van der Waals surface area contributed by atoms with E-state index in [0.717, 1.165) is 27.9 Å². The van der Waals surface area contributed by atoms with Crippen molar-refractivity contribution in [2.75, 3.05) is 5.73 Å². The SMILES string of the molecule is Cc1cn(N=Cc2ccc(OCc3cccc(F)c3)c(Cc3cccc(F)c3)c2)c(N)n1. The molecule has 2 N–H and O–H groups in total. The number of nitrogens with two attached hydrogens (primary N) is 1. The maximum atomic E-state index is 13.7. The number of ether oxygens (including phenoxy) is 1. The zero-order chi connectivity index (χ0) is 22.5. The van der Waals surface area contributed by atoms with E-state index < -0.39 is 0 Å². The molecule has 0 spiro atoms. The summed E-state index contributed by atoms with van der Waals surface area (Å²) in [6.45, 7) is 2.05. The summed E-state index contributed by atoms with van der Waals surface area (Å²) in [6, 6.07) is 18.3. The number of aromatic nitrogens is 2. The highest BCUT2D eigenvalue weighted by molar-refractivity contribution is 5.80. The minimum absolute atomic E-state index is 0.214. The molecule has 4 rings (SSSR count). The Hall–Kier alpha value is -4.00. The first-order valence-electron chi connectivity index (χ1n) is 10.1. The zero-order valence-electron chi connectivity index (χ0n) is 17.5.